The Morgan fingerprint density at radius 2 is 1.96 bits per heavy atom. The predicted molar refractivity (Wildman–Crippen MR) is 100 cm³/mol. The Morgan fingerprint density at radius 3 is 2.72 bits per heavy atom. The standard InChI is InChI=1S/C18H24N4O2S/c1-3-4-5-9-15(23)19-11-10-16(24)20-18-22-21-17(25-18)14-8-6-7-13(2)12-14/h6-8,12H,3-5,9-11H2,1-2H3,(H,19,23)(H,20,22,24). The van der Waals surface area contributed by atoms with E-state index in [1.165, 1.54) is 11.3 Å². The number of nitrogens with zero attached hydrogens (tertiary/aromatic N) is 2. The zero-order valence-electron chi connectivity index (χ0n) is 14.7. The summed E-state index contributed by atoms with van der Waals surface area (Å²) < 4.78 is 0. The minimum atomic E-state index is -0.180. The summed E-state index contributed by atoms with van der Waals surface area (Å²) in [6.07, 6.45) is 3.77. The van der Waals surface area contributed by atoms with Crippen LogP contribution in [0.4, 0.5) is 5.13 Å². The van der Waals surface area contributed by atoms with Crippen LogP contribution in [0.3, 0.4) is 0 Å². The monoisotopic (exact) mass is 360 g/mol. The van der Waals surface area contributed by atoms with Crippen LogP contribution in [0.15, 0.2) is 24.3 Å². The van der Waals surface area contributed by atoms with Crippen molar-refractivity contribution in [3.8, 4) is 10.6 Å². The summed E-state index contributed by atoms with van der Waals surface area (Å²) in [6.45, 7) is 4.45. The minimum Gasteiger partial charge on any atom is -0.356 e. The molecule has 1 aromatic carbocycles. The van der Waals surface area contributed by atoms with E-state index in [1.807, 2.05) is 31.2 Å². The molecule has 0 saturated carbocycles. The summed E-state index contributed by atoms with van der Waals surface area (Å²) >= 11 is 1.33. The van der Waals surface area contributed by atoms with Crippen LogP contribution in [0.2, 0.25) is 0 Å². The average molecular weight is 360 g/mol. The molecule has 0 unspecified atom stereocenters. The first-order valence-electron chi connectivity index (χ1n) is 8.55. The maximum absolute atomic E-state index is 11.9. The van der Waals surface area contributed by atoms with E-state index in [4.69, 9.17) is 0 Å². The van der Waals surface area contributed by atoms with E-state index in [-0.39, 0.29) is 18.2 Å². The van der Waals surface area contributed by atoms with Crippen molar-refractivity contribution in [2.45, 2.75) is 46.0 Å². The fourth-order valence-electron chi connectivity index (χ4n) is 2.29. The number of amides is 2. The van der Waals surface area contributed by atoms with Crippen LogP contribution in [-0.4, -0.2) is 28.6 Å². The zero-order chi connectivity index (χ0) is 18.1. The van der Waals surface area contributed by atoms with Crippen LogP contribution in [-0.2, 0) is 9.59 Å². The molecule has 25 heavy (non-hydrogen) atoms. The molecule has 2 amide bonds. The molecule has 2 N–H and O–H groups in total. The van der Waals surface area contributed by atoms with Gasteiger partial charge in [0, 0.05) is 24.9 Å². The van der Waals surface area contributed by atoms with Gasteiger partial charge in [-0.25, -0.2) is 0 Å². The molecule has 0 spiro atoms. The number of benzene rings is 1. The van der Waals surface area contributed by atoms with Gasteiger partial charge in [-0.3, -0.25) is 9.59 Å². The first-order valence-corrected chi connectivity index (χ1v) is 9.37. The number of anilines is 1. The number of hydrogen-bond donors (Lipinski definition) is 2. The van der Waals surface area contributed by atoms with E-state index in [2.05, 4.69) is 27.8 Å². The highest BCUT2D eigenvalue weighted by Gasteiger charge is 2.10. The number of aryl methyl sites for hydroxylation is 1. The maximum atomic E-state index is 11.9. The molecular weight excluding hydrogens is 336 g/mol. The number of carbonyl (C=O) groups is 2. The van der Waals surface area contributed by atoms with Crippen molar-refractivity contribution in [1.29, 1.82) is 0 Å². The van der Waals surface area contributed by atoms with Crippen molar-refractivity contribution in [1.82, 2.24) is 15.5 Å². The summed E-state index contributed by atoms with van der Waals surface area (Å²) in [6, 6.07) is 7.98. The quantitative estimate of drug-likeness (QED) is 0.670. The minimum absolute atomic E-state index is 0.00102. The first-order chi connectivity index (χ1) is 12.1. The SMILES string of the molecule is CCCCCC(=O)NCCC(=O)Nc1nnc(-c2cccc(C)c2)s1. The number of hydrogen-bond acceptors (Lipinski definition) is 5. The highest BCUT2D eigenvalue weighted by Crippen LogP contribution is 2.26. The third-order valence-corrected chi connectivity index (χ3v) is 4.51. The Bertz CT molecular complexity index is 715. The van der Waals surface area contributed by atoms with Crippen LogP contribution in [0.1, 0.15) is 44.6 Å². The third kappa shape index (κ3) is 6.62. The van der Waals surface area contributed by atoms with Crippen LogP contribution in [0.5, 0.6) is 0 Å². The van der Waals surface area contributed by atoms with Crippen molar-refractivity contribution in [2.75, 3.05) is 11.9 Å². The number of rotatable bonds is 9. The molecule has 1 heterocycles. The highest BCUT2D eigenvalue weighted by molar-refractivity contribution is 7.18. The van der Waals surface area contributed by atoms with Gasteiger partial charge in [0.1, 0.15) is 5.01 Å². The highest BCUT2D eigenvalue weighted by atomic mass is 32.1. The van der Waals surface area contributed by atoms with Gasteiger partial charge in [-0.2, -0.15) is 0 Å². The summed E-state index contributed by atoms with van der Waals surface area (Å²) in [5.41, 5.74) is 2.13. The Kier molecular flexibility index (Phi) is 7.53. The number of carbonyl (C=O) groups excluding carboxylic acids is 2. The molecule has 1 aromatic heterocycles. The molecule has 0 atom stereocenters. The lowest BCUT2D eigenvalue weighted by molar-refractivity contribution is -0.121. The molecule has 0 fully saturated rings. The van der Waals surface area contributed by atoms with Crippen molar-refractivity contribution in [3.63, 3.8) is 0 Å². The Hall–Kier alpha value is -2.28. The summed E-state index contributed by atoms with van der Waals surface area (Å²) in [5, 5.41) is 14.8. The van der Waals surface area contributed by atoms with Gasteiger partial charge >= 0.3 is 0 Å². The van der Waals surface area contributed by atoms with E-state index in [9.17, 15) is 9.59 Å². The van der Waals surface area contributed by atoms with Crippen LogP contribution >= 0.6 is 11.3 Å². The number of unbranched alkanes of at least 4 members (excludes halogenated alkanes) is 2. The molecule has 0 aliphatic rings. The summed E-state index contributed by atoms with van der Waals surface area (Å²) in [4.78, 5) is 23.5. The number of nitrogens with one attached hydrogen (secondary N) is 2. The van der Waals surface area contributed by atoms with Crippen molar-refractivity contribution < 1.29 is 9.59 Å². The van der Waals surface area contributed by atoms with Gasteiger partial charge in [-0.05, 0) is 19.4 Å². The molecule has 134 valence electrons. The third-order valence-electron chi connectivity index (χ3n) is 3.62. The smallest absolute Gasteiger partial charge is 0.227 e. The van der Waals surface area contributed by atoms with Crippen molar-refractivity contribution >= 4 is 28.3 Å². The topological polar surface area (TPSA) is 84.0 Å². The van der Waals surface area contributed by atoms with E-state index in [0.29, 0.717) is 18.1 Å². The second kappa shape index (κ2) is 9.88. The summed E-state index contributed by atoms with van der Waals surface area (Å²) in [7, 11) is 0. The number of aromatic nitrogens is 2. The molecule has 0 aliphatic carbocycles. The van der Waals surface area contributed by atoms with Crippen molar-refractivity contribution in [2.24, 2.45) is 0 Å². The van der Waals surface area contributed by atoms with Gasteiger partial charge in [0.25, 0.3) is 0 Å². The van der Waals surface area contributed by atoms with Gasteiger partial charge in [0.05, 0.1) is 0 Å². The molecular formula is C18H24N4O2S. The fraction of sp³-hybridized carbons (Fsp3) is 0.444. The average Bonchev–Trinajstić information content (AvgIpc) is 3.03. The molecule has 0 radical (unpaired) electrons. The first kappa shape index (κ1) is 19.1. The predicted octanol–water partition coefficient (Wildman–Crippen LogP) is 3.54. The zero-order valence-corrected chi connectivity index (χ0v) is 15.5. The van der Waals surface area contributed by atoms with Gasteiger partial charge in [-0.1, -0.05) is 54.9 Å². The van der Waals surface area contributed by atoms with Gasteiger partial charge < -0.3 is 10.6 Å². The summed E-state index contributed by atoms with van der Waals surface area (Å²) in [5.74, 6) is -0.181. The van der Waals surface area contributed by atoms with Crippen LogP contribution < -0.4 is 10.6 Å². The molecule has 0 saturated heterocycles. The van der Waals surface area contributed by atoms with E-state index >= 15 is 0 Å². The molecule has 2 rings (SSSR count). The van der Waals surface area contributed by atoms with Crippen molar-refractivity contribution in [3.05, 3.63) is 29.8 Å². The van der Waals surface area contributed by atoms with E-state index in [0.717, 1.165) is 35.4 Å². The molecule has 0 bridgehead atoms. The largest absolute Gasteiger partial charge is 0.356 e. The molecule has 2 aromatic rings. The van der Waals surface area contributed by atoms with Crippen LogP contribution in [0, 0.1) is 6.92 Å². The second-order valence-corrected chi connectivity index (χ2v) is 6.86. The van der Waals surface area contributed by atoms with E-state index in [1.54, 1.807) is 0 Å². The van der Waals surface area contributed by atoms with E-state index < -0.39 is 0 Å². The maximum Gasteiger partial charge on any atom is 0.227 e. The normalized spacial score (nSPS) is 10.5. The van der Waals surface area contributed by atoms with Crippen LogP contribution in [0.25, 0.3) is 10.6 Å². The Morgan fingerprint density at radius 1 is 1.12 bits per heavy atom. The van der Waals surface area contributed by atoms with Gasteiger partial charge in [0.2, 0.25) is 16.9 Å². The lowest BCUT2D eigenvalue weighted by atomic mass is 10.1. The lowest BCUT2D eigenvalue weighted by Crippen LogP contribution is -2.27. The fourth-order valence-corrected chi connectivity index (χ4v) is 3.05. The lowest BCUT2D eigenvalue weighted by Gasteiger charge is -2.04. The van der Waals surface area contributed by atoms with Gasteiger partial charge in [-0.15, -0.1) is 10.2 Å². The Balaban J connectivity index is 1.75. The molecule has 0 aliphatic heterocycles. The molecule has 6 nitrogen and oxygen atoms in total. The molecule has 7 heteroatoms. The van der Waals surface area contributed by atoms with Gasteiger partial charge in [0.15, 0.2) is 0 Å². The second-order valence-electron chi connectivity index (χ2n) is 5.89. The Labute approximate surface area is 152 Å².